The lowest BCUT2D eigenvalue weighted by atomic mass is 9.78. The van der Waals surface area contributed by atoms with Crippen LogP contribution in [0.1, 0.15) is 46.9 Å². The smallest absolute Gasteiger partial charge is 0.272 e. The van der Waals surface area contributed by atoms with Crippen molar-refractivity contribution in [2.45, 2.75) is 39.2 Å². The Labute approximate surface area is 283 Å². The molecule has 2 atom stereocenters. The third-order valence-electron chi connectivity index (χ3n) is 9.56. The molecule has 2 N–H and O–H groups in total. The van der Waals surface area contributed by atoms with E-state index in [1.165, 1.54) is 12.3 Å². The number of benzene rings is 2. The third-order valence-corrected chi connectivity index (χ3v) is 9.56. The first-order chi connectivity index (χ1) is 23.8. The van der Waals surface area contributed by atoms with Crippen molar-refractivity contribution >= 4 is 23.5 Å². The van der Waals surface area contributed by atoms with Crippen LogP contribution >= 0.6 is 0 Å². The Hall–Kier alpha value is -5.14. The van der Waals surface area contributed by atoms with Gasteiger partial charge in [-0.05, 0) is 43.2 Å². The average Bonchev–Trinajstić information content (AvgIpc) is 3.75. The van der Waals surface area contributed by atoms with Crippen LogP contribution in [0.15, 0.2) is 84.7 Å². The second-order valence-corrected chi connectivity index (χ2v) is 12.9. The number of rotatable bonds is 11. The zero-order valence-electron chi connectivity index (χ0n) is 27.5. The van der Waals surface area contributed by atoms with E-state index in [0.717, 1.165) is 53.4 Å². The molecule has 49 heavy (non-hydrogen) atoms. The van der Waals surface area contributed by atoms with Gasteiger partial charge in [-0.3, -0.25) is 24.2 Å². The highest BCUT2D eigenvalue weighted by Crippen LogP contribution is 2.42. The van der Waals surface area contributed by atoms with Gasteiger partial charge in [0.2, 0.25) is 5.91 Å². The Balaban J connectivity index is 1.17. The summed E-state index contributed by atoms with van der Waals surface area (Å²) in [5.74, 6) is -1.03. The summed E-state index contributed by atoms with van der Waals surface area (Å²) in [4.78, 5) is 44.9. The number of fused-ring (bicyclic) bond motifs is 1. The molecule has 2 aromatic heterocycles. The summed E-state index contributed by atoms with van der Waals surface area (Å²) in [6, 6.07) is 17.6. The molecule has 3 amide bonds. The summed E-state index contributed by atoms with van der Waals surface area (Å²) in [6.45, 7) is 7.53. The van der Waals surface area contributed by atoms with E-state index in [-0.39, 0.29) is 29.5 Å². The minimum atomic E-state index is -1.01. The normalized spacial score (nSPS) is 20.0. The standard InChI is InChI=1S/C36H39FN8O4/c1-3-25(18-42-19-36(20-42)21-49-22-36)32(46)38-16-24-9-8-10-26(15-24)30-28-17-39-45(27-11-6-5-7-12-27)34(28)44(4-2)35(48)31(30)40-33(47)29-13-14-43(23-37)41-29/h3,5-15,17,30-31H,4,16,18-23H2,1-2H3,(H,38,46)(H,40,47)/b25-3+/t30-,31+/m1/s1. The Morgan fingerprint density at radius 2 is 1.90 bits per heavy atom. The molecule has 2 fully saturated rings. The molecule has 4 aromatic rings. The minimum absolute atomic E-state index is 0.00342. The van der Waals surface area contributed by atoms with Crippen LogP contribution in [0.4, 0.5) is 10.2 Å². The molecule has 2 aromatic carbocycles. The van der Waals surface area contributed by atoms with Gasteiger partial charge in [0.25, 0.3) is 11.8 Å². The number of para-hydroxylation sites is 1. The number of hydrogen-bond acceptors (Lipinski definition) is 7. The van der Waals surface area contributed by atoms with E-state index in [2.05, 4.69) is 20.6 Å². The number of nitrogens with one attached hydrogen (secondary N) is 2. The first-order valence-electron chi connectivity index (χ1n) is 16.5. The van der Waals surface area contributed by atoms with E-state index in [1.807, 2.05) is 74.5 Å². The maximum atomic E-state index is 14.3. The van der Waals surface area contributed by atoms with Crippen LogP contribution in [0.25, 0.3) is 5.69 Å². The summed E-state index contributed by atoms with van der Waals surface area (Å²) in [5, 5.41) is 14.7. The first kappa shape index (κ1) is 32.4. The second-order valence-electron chi connectivity index (χ2n) is 12.9. The Morgan fingerprint density at radius 1 is 1.10 bits per heavy atom. The van der Waals surface area contributed by atoms with E-state index in [1.54, 1.807) is 15.8 Å². The number of allylic oxidation sites excluding steroid dienone is 1. The zero-order valence-corrected chi connectivity index (χ0v) is 27.5. The number of anilines is 1. The molecule has 2 saturated heterocycles. The largest absolute Gasteiger partial charge is 0.380 e. The predicted molar refractivity (Wildman–Crippen MR) is 180 cm³/mol. The predicted octanol–water partition coefficient (Wildman–Crippen LogP) is 3.19. The molecule has 0 aliphatic carbocycles. The number of carbonyl (C=O) groups is 3. The number of amides is 3. The lowest BCUT2D eigenvalue weighted by Crippen LogP contribution is -2.66. The number of likely N-dealkylation sites (N-methyl/N-ethyl adjacent to an activating group) is 1. The third kappa shape index (κ3) is 6.15. The van der Waals surface area contributed by atoms with Crippen molar-refractivity contribution in [3.05, 3.63) is 107 Å². The van der Waals surface area contributed by atoms with Crippen LogP contribution < -0.4 is 15.5 Å². The fourth-order valence-corrected chi connectivity index (χ4v) is 7.10. The number of halogens is 1. The molecule has 3 aliphatic rings. The molecule has 3 aliphatic heterocycles. The SMILES string of the molecule is C/C=C(\CN1CC2(COC2)C1)C(=O)NCc1cccc([C@@H]2c3cnn(-c4ccccc4)c3N(CC)C(=O)[C@H]2NC(=O)c2ccn(CF)n2)c1. The lowest BCUT2D eigenvalue weighted by Gasteiger charge is -2.55. The van der Waals surface area contributed by atoms with Crippen LogP contribution in [-0.4, -0.2) is 87.6 Å². The Morgan fingerprint density at radius 3 is 2.57 bits per heavy atom. The molecular weight excluding hydrogens is 627 g/mol. The van der Waals surface area contributed by atoms with Crippen molar-refractivity contribution in [3.8, 4) is 5.69 Å². The van der Waals surface area contributed by atoms with Crippen LogP contribution in [0.3, 0.4) is 0 Å². The minimum Gasteiger partial charge on any atom is -0.380 e. The van der Waals surface area contributed by atoms with E-state index in [9.17, 15) is 18.8 Å². The van der Waals surface area contributed by atoms with Gasteiger partial charge in [-0.1, -0.05) is 48.5 Å². The van der Waals surface area contributed by atoms with Crippen LogP contribution in [0, 0.1) is 5.41 Å². The zero-order chi connectivity index (χ0) is 34.1. The van der Waals surface area contributed by atoms with Crippen molar-refractivity contribution in [1.82, 2.24) is 35.1 Å². The number of carbonyl (C=O) groups excluding carboxylic acids is 3. The van der Waals surface area contributed by atoms with Crippen molar-refractivity contribution in [1.29, 1.82) is 0 Å². The highest BCUT2D eigenvalue weighted by atomic mass is 19.1. The molecule has 0 radical (unpaired) electrons. The number of nitrogens with zero attached hydrogens (tertiary/aromatic N) is 6. The molecule has 0 bridgehead atoms. The summed E-state index contributed by atoms with van der Waals surface area (Å²) in [7, 11) is 0. The Kier molecular flexibility index (Phi) is 8.86. The van der Waals surface area contributed by atoms with Crippen LogP contribution in [0.5, 0.6) is 0 Å². The molecule has 0 unspecified atom stereocenters. The van der Waals surface area contributed by atoms with Gasteiger partial charge >= 0.3 is 0 Å². The second kappa shape index (κ2) is 13.4. The lowest BCUT2D eigenvalue weighted by molar-refractivity contribution is -0.186. The number of hydrogen-bond donors (Lipinski definition) is 2. The van der Waals surface area contributed by atoms with E-state index in [4.69, 9.17) is 9.84 Å². The van der Waals surface area contributed by atoms with Gasteiger partial charge in [0.1, 0.15) is 17.6 Å². The van der Waals surface area contributed by atoms with Crippen LogP contribution in [-0.2, 0) is 27.7 Å². The van der Waals surface area contributed by atoms with Crippen molar-refractivity contribution in [2.24, 2.45) is 5.41 Å². The van der Waals surface area contributed by atoms with Crippen LogP contribution in [0.2, 0.25) is 0 Å². The van der Waals surface area contributed by atoms with E-state index < -0.39 is 24.7 Å². The summed E-state index contributed by atoms with van der Waals surface area (Å²) in [6.07, 6.45) is 4.97. The highest BCUT2D eigenvalue weighted by molar-refractivity contribution is 6.04. The van der Waals surface area contributed by atoms with Gasteiger partial charge in [0, 0.05) is 61.4 Å². The summed E-state index contributed by atoms with van der Waals surface area (Å²) < 4.78 is 21.3. The maximum absolute atomic E-state index is 14.3. The van der Waals surface area contributed by atoms with Crippen molar-refractivity contribution in [2.75, 3.05) is 44.3 Å². The van der Waals surface area contributed by atoms with Crippen molar-refractivity contribution in [3.63, 3.8) is 0 Å². The molecule has 7 rings (SSSR count). The fourth-order valence-electron chi connectivity index (χ4n) is 7.10. The van der Waals surface area contributed by atoms with Gasteiger partial charge in [-0.2, -0.15) is 10.2 Å². The average molecular weight is 667 g/mol. The Bertz CT molecular complexity index is 1890. The fraction of sp³-hybridized carbons (Fsp3) is 0.361. The number of likely N-dealkylation sites (tertiary alicyclic amines) is 1. The number of ether oxygens (including phenoxy) is 1. The molecule has 0 saturated carbocycles. The van der Waals surface area contributed by atoms with E-state index >= 15 is 0 Å². The van der Waals surface area contributed by atoms with E-state index in [0.29, 0.717) is 24.5 Å². The summed E-state index contributed by atoms with van der Waals surface area (Å²) >= 11 is 0. The van der Waals surface area contributed by atoms with Gasteiger partial charge in [-0.25, -0.2) is 13.8 Å². The quantitative estimate of drug-likeness (QED) is 0.236. The molecule has 254 valence electrons. The highest BCUT2D eigenvalue weighted by Gasteiger charge is 2.49. The first-order valence-corrected chi connectivity index (χ1v) is 16.5. The van der Waals surface area contributed by atoms with Gasteiger partial charge in [0.05, 0.1) is 25.1 Å². The maximum Gasteiger partial charge on any atom is 0.272 e. The molecular formula is C36H39FN8O4. The molecule has 1 spiro atoms. The molecule has 12 nitrogen and oxygen atoms in total. The van der Waals surface area contributed by atoms with Gasteiger partial charge < -0.3 is 15.4 Å². The van der Waals surface area contributed by atoms with Crippen molar-refractivity contribution < 1.29 is 23.5 Å². The van der Waals surface area contributed by atoms with Gasteiger partial charge in [-0.15, -0.1) is 0 Å². The topological polar surface area (TPSA) is 127 Å². The molecule has 5 heterocycles. The number of aromatic nitrogens is 4. The summed E-state index contributed by atoms with van der Waals surface area (Å²) in [5.41, 5.74) is 4.14. The monoisotopic (exact) mass is 666 g/mol. The molecule has 13 heteroatoms. The number of alkyl halides is 1. The van der Waals surface area contributed by atoms with Gasteiger partial charge in [0.15, 0.2) is 6.80 Å².